The third-order valence-corrected chi connectivity index (χ3v) is 4.58. The van der Waals surface area contributed by atoms with Crippen LogP contribution in [0.5, 0.6) is 0 Å². The number of halogens is 1. The van der Waals surface area contributed by atoms with Gasteiger partial charge < -0.3 is 4.98 Å². The molecule has 0 amide bonds. The van der Waals surface area contributed by atoms with Crippen LogP contribution in [0.1, 0.15) is 84.4 Å². The Morgan fingerprint density at radius 1 is 1.05 bits per heavy atom. The fraction of sp³-hybridized carbons (Fsp3) is 0.812. The van der Waals surface area contributed by atoms with Crippen LogP contribution in [0.3, 0.4) is 0 Å². The summed E-state index contributed by atoms with van der Waals surface area (Å²) in [5.41, 5.74) is 0.242. The minimum atomic E-state index is 0.242. The maximum Gasteiger partial charge on any atom is 0.112 e. The molecule has 19 heavy (non-hydrogen) atoms. The summed E-state index contributed by atoms with van der Waals surface area (Å²) in [5.74, 6) is 1.20. The Morgan fingerprint density at radius 2 is 1.63 bits per heavy atom. The van der Waals surface area contributed by atoms with Crippen molar-refractivity contribution in [3.05, 3.63) is 15.7 Å². The highest BCUT2D eigenvalue weighted by Gasteiger charge is 2.28. The Balaban J connectivity index is 2.60. The molecule has 0 radical (unpaired) electrons. The maximum atomic E-state index is 4.60. The number of H-pyrrole nitrogens is 1. The number of unbranched alkanes of at least 4 members (excludes halogenated alkanes) is 5. The molecule has 0 aliphatic heterocycles. The van der Waals surface area contributed by atoms with Gasteiger partial charge in [-0.25, -0.2) is 4.98 Å². The second-order valence-electron chi connectivity index (χ2n) is 5.91. The molecule has 110 valence electrons. The number of aromatic amines is 1. The first kappa shape index (κ1) is 17.0. The Kier molecular flexibility index (Phi) is 8.03. The maximum absolute atomic E-state index is 4.60. The molecule has 1 heterocycles. The molecule has 1 atom stereocenters. The van der Waals surface area contributed by atoms with Gasteiger partial charge in [0, 0.05) is 5.41 Å². The van der Waals surface area contributed by atoms with E-state index in [4.69, 9.17) is 0 Å². The van der Waals surface area contributed by atoms with E-state index in [1.807, 2.05) is 6.20 Å². The molecule has 1 aromatic heterocycles. The van der Waals surface area contributed by atoms with Gasteiger partial charge >= 0.3 is 0 Å². The smallest absolute Gasteiger partial charge is 0.112 e. The Labute approximate surface area is 132 Å². The van der Waals surface area contributed by atoms with Gasteiger partial charge in [0.1, 0.15) is 5.82 Å². The van der Waals surface area contributed by atoms with Crippen LogP contribution < -0.4 is 0 Å². The summed E-state index contributed by atoms with van der Waals surface area (Å²) in [4.78, 5) is 8.06. The predicted molar refractivity (Wildman–Crippen MR) is 91.6 cm³/mol. The molecule has 1 unspecified atom stereocenters. The molecule has 0 aliphatic rings. The predicted octanol–water partition coefficient (Wildman–Crippen LogP) is 5.82. The van der Waals surface area contributed by atoms with Gasteiger partial charge in [0.05, 0.1) is 9.90 Å². The molecule has 1 aromatic rings. The van der Waals surface area contributed by atoms with Crippen molar-refractivity contribution < 1.29 is 0 Å². The summed E-state index contributed by atoms with van der Waals surface area (Å²) < 4.78 is 1.16. The third kappa shape index (κ3) is 5.84. The van der Waals surface area contributed by atoms with Crippen LogP contribution in [0, 0.1) is 3.70 Å². The van der Waals surface area contributed by atoms with Crippen molar-refractivity contribution in [3.63, 3.8) is 0 Å². The van der Waals surface area contributed by atoms with E-state index >= 15 is 0 Å². The van der Waals surface area contributed by atoms with Crippen LogP contribution >= 0.6 is 22.6 Å². The third-order valence-electron chi connectivity index (χ3n) is 4.03. The summed E-state index contributed by atoms with van der Waals surface area (Å²) in [7, 11) is 0. The van der Waals surface area contributed by atoms with Gasteiger partial charge in [-0.2, -0.15) is 0 Å². The molecule has 0 spiro atoms. The van der Waals surface area contributed by atoms with Gasteiger partial charge in [0.15, 0.2) is 0 Å². The van der Waals surface area contributed by atoms with Crippen molar-refractivity contribution in [2.75, 3.05) is 0 Å². The Bertz CT molecular complexity index is 348. The lowest BCUT2D eigenvalue weighted by Gasteiger charge is -2.27. The minimum Gasteiger partial charge on any atom is -0.337 e. The standard InChI is InChI=1S/C16H29IN2/c1-4-6-8-10-12-16(3,11-9-7-5-2)15-18-13-14(17)19-15/h13H,4-12H2,1-3H3,(H,18,19). The van der Waals surface area contributed by atoms with Gasteiger partial charge in [-0.3, -0.25) is 0 Å². The molecular weight excluding hydrogens is 347 g/mol. The zero-order valence-corrected chi connectivity index (χ0v) is 14.9. The van der Waals surface area contributed by atoms with E-state index in [0.717, 1.165) is 3.70 Å². The molecule has 0 aromatic carbocycles. The number of rotatable bonds is 10. The molecule has 0 fully saturated rings. The van der Waals surface area contributed by atoms with Crippen LogP contribution in [-0.4, -0.2) is 9.97 Å². The van der Waals surface area contributed by atoms with Crippen LogP contribution in [0.2, 0.25) is 0 Å². The summed E-state index contributed by atoms with van der Waals surface area (Å²) in [6, 6.07) is 0. The van der Waals surface area contributed by atoms with E-state index in [1.165, 1.54) is 63.6 Å². The number of imidazole rings is 1. The van der Waals surface area contributed by atoms with Crippen LogP contribution in [0.4, 0.5) is 0 Å². The zero-order chi connectivity index (χ0) is 14.1. The zero-order valence-electron chi connectivity index (χ0n) is 12.8. The largest absolute Gasteiger partial charge is 0.337 e. The molecule has 0 saturated carbocycles. The van der Waals surface area contributed by atoms with E-state index in [1.54, 1.807) is 0 Å². The Morgan fingerprint density at radius 3 is 2.16 bits per heavy atom. The highest BCUT2D eigenvalue weighted by atomic mass is 127. The van der Waals surface area contributed by atoms with Crippen molar-refractivity contribution in [2.45, 2.75) is 84.0 Å². The summed E-state index contributed by atoms with van der Waals surface area (Å²) in [6.07, 6.45) is 13.8. The van der Waals surface area contributed by atoms with Crippen LogP contribution in [0.15, 0.2) is 6.20 Å². The van der Waals surface area contributed by atoms with Crippen molar-refractivity contribution >= 4 is 22.6 Å². The molecule has 1 rings (SSSR count). The van der Waals surface area contributed by atoms with E-state index in [2.05, 4.69) is 53.3 Å². The molecule has 0 saturated heterocycles. The van der Waals surface area contributed by atoms with Crippen molar-refractivity contribution in [2.24, 2.45) is 0 Å². The van der Waals surface area contributed by atoms with E-state index in [9.17, 15) is 0 Å². The molecule has 3 heteroatoms. The number of hydrogen-bond donors (Lipinski definition) is 1. The van der Waals surface area contributed by atoms with Crippen LogP contribution in [-0.2, 0) is 5.41 Å². The minimum absolute atomic E-state index is 0.242. The summed E-state index contributed by atoms with van der Waals surface area (Å²) in [6.45, 7) is 6.94. The highest BCUT2D eigenvalue weighted by Crippen LogP contribution is 2.33. The number of nitrogens with one attached hydrogen (secondary N) is 1. The monoisotopic (exact) mass is 376 g/mol. The molecule has 1 N–H and O–H groups in total. The van der Waals surface area contributed by atoms with E-state index < -0.39 is 0 Å². The summed E-state index contributed by atoms with van der Waals surface area (Å²) in [5, 5.41) is 0. The van der Waals surface area contributed by atoms with Gasteiger partial charge in [0.25, 0.3) is 0 Å². The van der Waals surface area contributed by atoms with Crippen molar-refractivity contribution in [1.82, 2.24) is 9.97 Å². The van der Waals surface area contributed by atoms with Gasteiger partial charge in [-0.15, -0.1) is 0 Å². The SMILES string of the molecule is CCCCCCC(C)(CCCCC)c1ncc(I)[nH]1. The summed E-state index contributed by atoms with van der Waals surface area (Å²) >= 11 is 2.32. The molecule has 0 bridgehead atoms. The first-order valence-corrected chi connectivity index (χ1v) is 8.91. The van der Waals surface area contributed by atoms with Crippen LogP contribution in [0.25, 0.3) is 0 Å². The van der Waals surface area contributed by atoms with Gasteiger partial charge in [-0.1, -0.05) is 65.7 Å². The first-order chi connectivity index (χ1) is 9.12. The average Bonchev–Trinajstić information content (AvgIpc) is 2.82. The first-order valence-electron chi connectivity index (χ1n) is 7.83. The van der Waals surface area contributed by atoms with Gasteiger partial charge in [0.2, 0.25) is 0 Å². The lowest BCUT2D eigenvalue weighted by atomic mass is 9.79. The number of aromatic nitrogens is 2. The highest BCUT2D eigenvalue weighted by molar-refractivity contribution is 14.1. The molecular formula is C16H29IN2. The molecule has 0 aliphatic carbocycles. The van der Waals surface area contributed by atoms with Crippen molar-refractivity contribution in [3.8, 4) is 0 Å². The second-order valence-corrected chi connectivity index (χ2v) is 7.07. The average molecular weight is 376 g/mol. The number of nitrogens with zero attached hydrogens (tertiary/aromatic N) is 1. The fourth-order valence-electron chi connectivity index (χ4n) is 2.67. The van der Waals surface area contributed by atoms with Gasteiger partial charge in [-0.05, 0) is 35.4 Å². The lowest BCUT2D eigenvalue weighted by Crippen LogP contribution is -2.24. The normalized spacial score (nSPS) is 14.5. The lowest BCUT2D eigenvalue weighted by molar-refractivity contribution is 0.349. The van der Waals surface area contributed by atoms with E-state index in [-0.39, 0.29) is 5.41 Å². The second kappa shape index (κ2) is 8.98. The van der Waals surface area contributed by atoms with Crippen molar-refractivity contribution in [1.29, 1.82) is 0 Å². The topological polar surface area (TPSA) is 28.7 Å². The number of hydrogen-bond acceptors (Lipinski definition) is 1. The quantitative estimate of drug-likeness (QED) is 0.404. The molecule has 2 nitrogen and oxygen atoms in total. The fourth-order valence-corrected chi connectivity index (χ4v) is 3.07. The van der Waals surface area contributed by atoms with E-state index in [0.29, 0.717) is 0 Å². The Hall–Kier alpha value is -0.0600.